The predicted octanol–water partition coefficient (Wildman–Crippen LogP) is 5.41. The zero-order chi connectivity index (χ0) is 32.0. The second kappa shape index (κ2) is 16.3. The molecule has 44 heavy (non-hydrogen) atoms. The molecule has 0 aliphatic carbocycles. The summed E-state index contributed by atoms with van der Waals surface area (Å²) in [5.74, 6) is 1.24. The van der Waals surface area contributed by atoms with Crippen molar-refractivity contribution in [3.8, 4) is 0 Å². The standard InChI is InChI=1S/C33H46N6O5/c1-26(12-16-38-18-14-34-24-38)42-20-8-11-30(40)36-32(3,4)28-9-7-10-29(23-28)33(5,6)37-31(41)44-22-21-43-27(2)13-17-39-19-15-35-25-39/h7,9-10,14-15,18-19,23-25H,1-2,8,11-13,16-17,20-22H2,3-6H3,(H,36,40)(H,37,41). The fourth-order valence-electron chi connectivity index (χ4n) is 4.40. The van der Waals surface area contributed by atoms with Crippen LogP contribution >= 0.6 is 0 Å². The van der Waals surface area contributed by atoms with Crippen LogP contribution in [0.5, 0.6) is 0 Å². The van der Waals surface area contributed by atoms with Crippen LogP contribution in [0.4, 0.5) is 4.79 Å². The van der Waals surface area contributed by atoms with Crippen LogP contribution in [0.3, 0.4) is 0 Å². The van der Waals surface area contributed by atoms with Gasteiger partial charge in [0.15, 0.2) is 0 Å². The van der Waals surface area contributed by atoms with Crippen molar-refractivity contribution in [1.29, 1.82) is 0 Å². The smallest absolute Gasteiger partial charge is 0.407 e. The molecule has 0 spiro atoms. The molecule has 11 nitrogen and oxygen atoms in total. The zero-order valence-corrected chi connectivity index (χ0v) is 26.4. The van der Waals surface area contributed by atoms with Crippen molar-refractivity contribution < 1.29 is 23.8 Å². The molecule has 11 heteroatoms. The fourth-order valence-corrected chi connectivity index (χ4v) is 4.40. The highest BCUT2D eigenvalue weighted by Crippen LogP contribution is 2.27. The lowest BCUT2D eigenvalue weighted by Gasteiger charge is -2.31. The van der Waals surface area contributed by atoms with Crippen LogP contribution in [0.25, 0.3) is 0 Å². The van der Waals surface area contributed by atoms with E-state index in [9.17, 15) is 9.59 Å². The van der Waals surface area contributed by atoms with Crippen molar-refractivity contribution in [3.05, 3.63) is 97.5 Å². The minimum absolute atomic E-state index is 0.0689. The number of benzene rings is 1. The van der Waals surface area contributed by atoms with Crippen LogP contribution in [-0.2, 0) is 43.2 Å². The van der Waals surface area contributed by atoms with Gasteiger partial charge in [0, 0.05) is 57.1 Å². The second-order valence-electron chi connectivity index (χ2n) is 11.6. The molecule has 2 N–H and O–H groups in total. The maximum atomic E-state index is 12.8. The molecule has 0 aliphatic heterocycles. The van der Waals surface area contributed by atoms with E-state index in [4.69, 9.17) is 14.2 Å². The molecule has 0 radical (unpaired) electrons. The molecule has 2 aromatic heterocycles. The molecule has 0 atom stereocenters. The number of carbonyl (C=O) groups excluding carboxylic acids is 2. The van der Waals surface area contributed by atoms with Gasteiger partial charge in [0.1, 0.15) is 13.2 Å². The summed E-state index contributed by atoms with van der Waals surface area (Å²) in [6.45, 7) is 17.8. The SMILES string of the molecule is C=C(CCn1ccnc1)OCCCC(=O)NC(C)(C)c1cccc(C(C)(C)NC(=O)OCCOC(=C)CCn2ccnc2)c1. The molecule has 0 saturated heterocycles. The number of amides is 2. The highest BCUT2D eigenvalue weighted by atomic mass is 16.6. The molecule has 3 aromatic rings. The first-order chi connectivity index (χ1) is 20.9. The van der Waals surface area contributed by atoms with Crippen molar-refractivity contribution in [3.63, 3.8) is 0 Å². The molecule has 2 amide bonds. The molecule has 3 rings (SSSR count). The first-order valence-corrected chi connectivity index (χ1v) is 14.8. The van der Waals surface area contributed by atoms with Crippen LogP contribution in [0, 0.1) is 0 Å². The van der Waals surface area contributed by atoms with Crippen molar-refractivity contribution >= 4 is 12.0 Å². The lowest BCUT2D eigenvalue weighted by molar-refractivity contribution is -0.123. The number of rotatable bonds is 19. The van der Waals surface area contributed by atoms with Crippen LogP contribution < -0.4 is 10.6 Å². The molecular weight excluding hydrogens is 560 g/mol. The Morgan fingerprint density at radius 1 is 0.773 bits per heavy atom. The van der Waals surface area contributed by atoms with E-state index >= 15 is 0 Å². The zero-order valence-electron chi connectivity index (χ0n) is 26.4. The molecule has 0 bridgehead atoms. The van der Waals surface area contributed by atoms with Crippen molar-refractivity contribution in [1.82, 2.24) is 29.7 Å². The van der Waals surface area contributed by atoms with Crippen LogP contribution in [0.1, 0.15) is 64.5 Å². The van der Waals surface area contributed by atoms with E-state index in [1.165, 1.54) is 0 Å². The van der Waals surface area contributed by atoms with Gasteiger partial charge in [-0.05, 0) is 45.2 Å². The fraction of sp³-hybridized carbons (Fsp3) is 0.455. The summed E-state index contributed by atoms with van der Waals surface area (Å²) >= 11 is 0. The maximum absolute atomic E-state index is 12.8. The average Bonchev–Trinajstić information content (AvgIpc) is 3.70. The number of carbonyl (C=O) groups is 2. The van der Waals surface area contributed by atoms with Gasteiger partial charge in [-0.2, -0.15) is 0 Å². The summed E-state index contributed by atoms with van der Waals surface area (Å²) in [5, 5.41) is 6.04. The third-order valence-corrected chi connectivity index (χ3v) is 7.07. The van der Waals surface area contributed by atoms with E-state index in [1.807, 2.05) is 73.5 Å². The van der Waals surface area contributed by atoms with Crippen LogP contribution in [-0.4, -0.2) is 50.9 Å². The minimum atomic E-state index is -0.722. The number of aryl methyl sites for hydroxylation is 2. The monoisotopic (exact) mass is 606 g/mol. The normalized spacial score (nSPS) is 11.5. The van der Waals surface area contributed by atoms with Gasteiger partial charge < -0.3 is 34.0 Å². The lowest BCUT2D eigenvalue weighted by atomic mass is 9.87. The van der Waals surface area contributed by atoms with Gasteiger partial charge in [0.05, 0.1) is 41.9 Å². The number of ether oxygens (including phenoxy) is 3. The van der Waals surface area contributed by atoms with E-state index in [1.54, 1.807) is 25.0 Å². The number of hydrogen-bond donors (Lipinski definition) is 2. The Labute approximate surface area is 260 Å². The van der Waals surface area contributed by atoms with Gasteiger partial charge in [0.25, 0.3) is 0 Å². The molecule has 0 saturated carbocycles. The van der Waals surface area contributed by atoms with E-state index in [0.29, 0.717) is 50.4 Å². The van der Waals surface area contributed by atoms with Crippen molar-refractivity contribution in [2.24, 2.45) is 0 Å². The van der Waals surface area contributed by atoms with Gasteiger partial charge in [-0.25, -0.2) is 14.8 Å². The quantitative estimate of drug-likeness (QED) is 0.138. The Morgan fingerprint density at radius 3 is 1.84 bits per heavy atom. The summed E-state index contributed by atoms with van der Waals surface area (Å²) < 4.78 is 20.5. The highest BCUT2D eigenvalue weighted by molar-refractivity contribution is 5.77. The summed E-state index contributed by atoms with van der Waals surface area (Å²) in [6.07, 6.45) is 12.4. The van der Waals surface area contributed by atoms with E-state index in [2.05, 4.69) is 33.8 Å². The largest absolute Gasteiger partial charge is 0.498 e. The number of alkyl carbamates (subject to hydrolysis) is 1. The van der Waals surface area contributed by atoms with Crippen LogP contribution in [0.15, 0.2) is 86.4 Å². The number of hydrogen-bond acceptors (Lipinski definition) is 7. The Morgan fingerprint density at radius 2 is 1.30 bits per heavy atom. The topological polar surface area (TPSA) is 122 Å². The van der Waals surface area contributed by atoms with E-state index in [-0.39, 0.29) is 19.1 Å². The van der Waals surface area contributed by atoms with E-state index in [0.717, 1.165) is 17.7 Å². The summed E-state index contributed by atoms with van der Waals surface area (Å²) in [7, 11) is 0. The lowest BCUT2D eigenvalue weighted by Crippen LogP contribution is -2.43. The molecule has 0 fully saturated rings. The van der Waals surface area contributed by atoms with Crippen molar-refractivity contribution in [2.75, 3.05) is 19.8 Å². The highest BCUT2D eigenvalue weighted by Gasteiger charge is 2.28. The number of allylic oxidation sites excluding steroid dienone is 2. The number of imidazole rings is 2. The predicted molar refractivity (Wildman–Crippen MR) is 168 cm³/mol. The molecule has 0 unspecified atom stereocenters. The number of nitrogens with zero attached hydrogens (tertiary/aromatic N) is 4. The third kappa shape index (κ3) is 11.6. The Balaban J connectivity index is 1.38. The summed E-state index contributed by atoms with van der Waals surface area (Å²) in [5.41, 5.74) is 0.440. The third-order valence-electron chi connectivity index (χ3n) is 7.07. The first kappa shape index (κ1) is 34.0. The summed E-state index contributed by atoms with van der Waals surface area (Å²) in [6, 6.07) is 7.80. The van der Waals surface area contributed by atoms with Gasteiger partial charge in [-0.1, -0.05) is 37.4 Å². The molecule has 238 valence electrons. The molecule has 2 heterocycles. The Bertz CT molecular complexity index is 1250. The van der Waals surface area contributed by atoms with Crippen LogP contribution in [0.2, 0.25) is 0 Å². The average molecular weight is 607 g/mol. The second-order valence-corrected chi connectivity index (χ2v) is 11.6. The minimum Gasteiger partial charge on any atom is -0.498 e. The molecule has 0 aliphatic rings. The molecule has 1 aromatic carbocycles. The first-order valence-electron chi connectivity index (χ1n) is 14.8. The maximum Gasteiger partial charge on any atom is 0.407 e. The Kier molecular flexibility index (Phi) is 12.6. The van der Waals surface area contributed by atoms with Crippen molar-refractivity contribution in [2.45, 2.75) is 77.5 Å². The van der Waals surface area contributed by atoms with Gasteiger partial charge in [-0.15, -0.1) is 0 Å². The summed E-state index contributed by atoms with van der Waals surface area (Å²) in [4.78, 5) is 33.3. The van der Waals surface area contributed by atoms with Gasteiger partial charge >= 0.3 is 6.09 Å². The van der Waals surface area contributed by atoms with Gasteiger partial charge in [-0.3, -0.25) is 4.79 Å². The number of aromatic nitrogens is 4. The Hall–Kier alpha value is -4.54. The number of nitrogens with one attached hydrogen (secondary N) is 2. The molecular formula is C33H46N6O5. The van der Waals surface area contributed by atoms with Gasteiger partial charge in [0.2, 0.25) is 5.91 Å². The van der Waals surface area contributed by atoms with E-state index < -0.39 is 17.2 Å².